The van der Waals surface area contributed by atoms with E-state index in [9.17, 15) is 13.2 Å². The van der Waals surface area contributed by atoms with Crippen molar-refractivity contribution in [1.82, 2.24) is 10.1 Å². The largest absolute Gasteiger partial charge is 0.416 e. The van der Waals surface area contributed by atoms with Crippen molar-refractivity contribution in [1.29, 1.82) is 0 Å². The SMILES string of the molecule is CCCCc1noc(-c2cc(N)cc(C(F)(F)F)c2)n1. The van der Waals surface area contributed by atoms with Crippen LogP contribution in [0.25, 0.3) is 11.5 Å². The molecule has 0 aliphatic carbocycles. The molecule has 1 heterocycles. The molecule has 0 amide bonds. The summed E-state index contributed by atoms with van der Waals surface area (Å²) in [6, 6.07) is 3.21. The molecule has 0 aliphatic rings. The Morgan fingerprint density at radius 2 is 2.00 bits per heavy atom. The van der Waals surface area contributed by atoms with Crippen LogP contribution in [0.4, 0.5) is 18.9 Å². The zero-order chi connectivity index (χ0) is 14.8. The lowest BCUT2D eigenvalue weighted by atomic mass is 10.1. The Morgan fingerprint density at radius 1 is 1.25 bits per heavy atom. The highest BCUT2D eigenvalue weighted by atomic mass is 19.4. The van der Waals surface area contributed by atoms with E-state index < -0.39 is 11.7 Å². The van der Waals surface area contributed by atoms with Gasteiger partial charge < -0.3 is 10.3 Å². The summed E-state index contributed by atoms with van der Waals surface area (Å²) >= 11 is 0. The van der Waals surface area contributed by atoms with Crippen molar-refractivity contribution in [2.45, 2.75) is 32.4 Å². The van der Waals surface area contributed by atoms with E-state index in [0.717, 1.165) is 25.0 Å². The number of rotatable bonds is 4. The number of nitrogens with two attached hydrogens (primary N) is 1. The summed E-state index contributed by atoms with van der Waals surface area (Å²) in [5, 5.41) is 3.74. The van der Waals surface area contributed by atoms with Crippen LogP contribution in [0.3, 0.4) is 0 Å². The van der Waals surface area contributed by atoms with E-state index in [2.05, 4.69) is 10.1 Å². The fourth-order valence-corrected chi connectivity index (χ4v) is 1.75. The third kappa shape index (κ3) is 3.28. The van der Waals surface area contributed by atoms with Crippen LogP contribution in [0.1, 0.15) is 31.2 Å². The van der Waals surface area contributed by atoms with Crippen LogP contribution >= 0.6 is 0 Å². The fourth-order valence-electron chi connectivity index (χ4n) is 1.75. The highest BCUT2D eigenvalue weighted by Gasteiger charge is 2.31. The molecule has 0 atom stereocenters. The molecule has 2 N–H and O–H groups in total. The van der Waals surface area contributed by atoms with Crippen LogP contribution in [0.2, 0.25) is 0 Å². The number of nitrogen functional groups attached to an aromatic ring is 1. The number of anilines is 1. The molecule has 0 aliphatic heterocycles. The summed E-state index contributed by atoms with van der Waals surface area (Å²) in [4.78, 5) is 4.08. The average molecular weight is 285 g/mol. The second kappa shape index (κ2) is 5.52. The Morgan fingerprint density at radius 3 is 2.65 bits per heavy atom. The van der Waals surface area contributed by atoms with Gasteiger partial charge in [-0.25, -0.2) is 0 Å². The van der Waals surface area contributed by atoms with E-state index in [4.69, 9.17) is 10.3 Å². The summed E-state index contributed by atoms with van der Waals surface area (Å²) in [5.74, 6) is 0.534. The van der Waals surface area contributed by atoms with Gasteiger partial charge in [-0.15, -0.1) is 0 Å². The molecular formula is C13H14F3N3O. The van der Waals surface area contributed by atoms with Crippen molar-refractivity contribution >= 4 is 5.69 Å². The maximum atomic E-state index is 12.7. The monoisotopic (exact) mass is 285 g/mol. The summed E-state index contributed by atoms with van der Waals surface area (Å²) in [7, 11) is 0. The first-order valence-electron chi connectivity index (χ1n) is 6.21. The molecule has 2 aromatic rings. The Balaban J connectivity index is 2.32. The van der Waals surface area contributed by atoms with E-state index in [1.807, 2.05) is 6.92 Å². The predicted molar refractivity (Wildman–Crippen MR) is 67.8 cm³/mol. The van der Waals surface area contributed by atoms with Gasteiger partial charge in [0.15, 0.2) is 5.82 Å². The third-order valence-corrected chi connectivity index (χ3v) is 2.75. The van der Waals surface area contributed by atoms with Crippen LogP contribution in [0.5, 0.6) is 0 Å². The first-order chi connectivity index (χ1) is 9.40. The molecule has 20 heavy (non-hydrogen) atoms. The lowest BCUT2D eigenvalue weighted by Gasteiger charge is -2.08. The molecule has 108 valence electrons. The van der Waals surface area contributed by atoms with Gasteiger partial charge in [-0.2, -0.15) is 18.2 Å². The van der Waals surface area contributed by atoms with Crippen LogP contribution in [-0.4, -0.2) is 10.1 Å². The normalized spacial score (nSPS) is 11.8. The van der Waals surface area contributed by atoms with Crippen LogP contribution in [0, 0.1) is 0 Å². The highest BCUT2D eigenvalue weighted by molar-refractivity contribution is 5.62. The maximum Gasteiger partial charge on any atom is 0.416 e. The highest BCUT2D eigenvalue weighted by Crippen LogP contribution is 2.33. The molecular weight excluding hydrogens is 271 g/mol. The van der Waals surface area contributed by atoms with Gasteiger partial charge >= 0.3 is 6.18 Å². The van der Waals surface area contributed by atoms with Crippen molar-refractivity contribution in [2.24, 2.45) is 0 Å². The van der Waals surface area contributed by atoms with Crippen molar-refractivity contribution in [3.05, 3.63) is 29.6 Å². The van der Waals surface area contributed by atoms with Gasteiger partial charge in [0.2, 0.25) is 0 Å². The Labute approximate surface area is 113 Å². The first-order valence-corrected chi connectivity index (χ1v) is 6.21. The van der Waals surface area contributed by atoms with Crippen molar-refractivity contribution < 1.29 is 17.7 Å². The minimum Gasteiger partial charge on any atom is -0.399 e. The summed E-state index contributed by atoms with van der Waals surface area (Å²) < 4.78 is 43.1. The van der Waals surface area contributed by atoms with Gasteiger partial charge in [0.05, 0.1) is 5.56 Å². The molecule has 0 radical (unpaired) electrons. The van der Waals surface area contributed by atoms with Gasteiger partial charge in [-0.05, 0) is 24.6 Å². The second-order valence-corrected chi connectivity index (χ2v) is 4.46. The molecule has 1 aromatic heterocycles. The predicted octanol–water partition coefficient (Wildman–Crippen LogP) is 3.68. The molecule has 0 saturated carbocycles. The van der Waals surface area contributed by atoms with Gasteiger partial charge in [0.1, 0.15) is 0 Å². The number of hydrogen-bond donors (Lipinski definition) is 1. The van der Waals surface area contributed by atoms with E-state index >= 15 is 0 Å². The lowest BCUT2D eigenvalue weighted by molar-refractivity contribution is -0.137. The second-order valence-electron chi connectivity index (χ2n) is 4.46. The lowest BCUT2D eigenvalue weighted by Crippen LogP contribution is -2.06. The summed E-state index contributed by atoms with van der Waals surface area (Å²) in [6.07, 6.45) is -1.96. The topological polar surface area (TPSA) is 64.9 Å². The van der Waals surface area contributed by atoms with Crippen molar-refractivity contribution in [2.75, 3.05) is 5.73 Å². The summed E-state index contributed by atoms with van der Waals surface area (Å²) in [5.41, 5.74) is 4.83. The molecule has 4 nitrogen and oxygen atoms in total. The number of benzene rings is 1. The maximum absolute atomic E-state index is 12.7. The molecule has 0 spiro atoms. The minimum absolute atomic E-state index is 0.00290. The van der Waals surface area contributed by atoms with E-state index in [1.165, 1.54) is 6.07 Å². The zero-order valence-corrected chi connectivity index (χ0v) is 10.9. The number of unbranched alkanes of at least 4 members (excludes halogenated alkanes) is 1. The van der Waals surface area contributed by atoms with Crippen LogP contribution in [-0.2, 0) is 12.6 Å². The molecule has 1 aromatic carbocycles. The zero-order valence-electron chi connectivity index (χ0n) is 10.9. The van der Waals surface area contributed by atoms with Crippen molar-refractivity contribution in [3.8, 4) is 11.5 Å². The Kier molecular flexibility index (Phi) is 3.96. The number of alkyl halides is 3. The fraction of sp³-hybridized carbons (Fsp3) is 0.385. The van der Waals surface area contributed by atoms with Crippen molar-refractivity contribution in [3.63, 3.8) is 0 Å². The number of halogens is 3. The molecule has 0 fully saturated rings. The Hall–Kier alpha value is -2.05. The minimum atomic E-state index is -4.46. The molecule has 7 heteroatoms. The van der Waals surface area contributed by atoms with E-state index in [0.29, 0.717) is 12.2 Å². The molecule has 2 rings (SSSR count). The number of aryl methyl sites for hydroxylation is 1. The Bertz CT molecular complexity index is 593. The quantitative estimate of drug-likeness (QED) is 0.870. The smallest absolute Gasteiger partial charge is 0.399 e. The molecule has 0 unspecified atom stereocenters. The van der Waals surface area contributed by atoms with Gasteiger partial charge in [-0.1, -0.05) is 18.5 Å². The first kappa shape index (κ1) is 14.4. The molecule has 0 bridgehead atoms. The third-order valence-electron chi connectivity index (χ3n) is 2.75. The van der Waals surface area contributed by atoms with E-state index in [-0.39, 0.29) is 17.1 Å². The van der Waals surface area contributed by atoms with Gasteiger partial charge in [0, 0.05) is 17.7 Å². The number of aromatic nitrogens is 2. The van der Waals surface area contributed by atoms with Crippen LogP contribution in [0.15, 0.2) is 22.7 Å². The van der Waals surface area contributed by atoms with Gasteiger partial charge in [0.25, 0.3) is 5.89 Å². The van der Waals surface area contributed by atoms with E-state index in [1.54, 1.807) is 0 Å². The standard InChI is InChI=1S/C13H14F3N3O/c1-2-3-4-11-18-12(20-19-11)8-5-9(13(14,15)16)7-10(17)6-8/h5-7H,2-4,17H2,1H3. The average Bonchev–Trinajstić information content (AvgIpc) is 2.83. The molecule has 0 saturated heterocycles. The number of nitrogens with zero attached hydrogens (tertiary/aromatic N) is 2. The van der Waals surface area contributed by atoms with Gasteiger partial charge in [-0.3, -0.25) is 0 Å². The summed E-state index contributed by atoms with van der Waals surface area (Å²) in [6.45, 7) is 2.02. The van der Waals surface area contributed by atoms with Crippen LogP contribution < -0.4 is 5.73 Å². The number of hydrogen-bond acceptors (Lipinski definition) is 4.